The van der Waals surface area contributed by atoms with Crippen LogP contribution in [0.15, 0.2) is 0 Å². The fourth-order valence-corrected chi connectivity index (χ4v) is 1.05. The average molecular weight is 130 g/mol. The SMILES string of the molecule is CN(C)C1(O)CCNC1. The van der Waals surface area contributed by atoms with Crippen LogP contribution in [0, 0.1) is 0 Å². The van der Waals surface area contributed by atoms with Crippen LogP contribution in [0.25, 0.3) is 0 Å². The second-order valence-electron chi connectivity index (χ2n) is 2.80. The molecule has 2 N–H and O–H groups in total. The summed E-state index contributed by atoms with van der Waals surface area (Å²) in [5.41, 5.74) is -0.583. The molecule has 0 saturated carbocycles. The Morgan fingerprint density at radius 3 is 2.44 bits per heavy atom. The Kier molecular flexibility index (Phi) is 1.75. The molecule has 1 unspecified atom stereocenters. The number of likely N-dealkylation sites (N-methyl/N-ethyl adjacent to an activating group) is 1. The molecule has 1 fully saturated rings. The quantitative estimate of drug-likeness (QED) is 0.457. The number of hydrogen-bond donors (Lipinski definition) is 2. The number of β-amino-alcohol motifs (C(OH)–C–C–N with tert-alkyl or cyclic N) is 1. The molecule has 1 aliphatic rings. The molecule has 0 aromatic heterocycles. The van der Waals surface area contributed by atoms with E-state index in [1.165, 1.54) is 0 Å². The summed E-state index contributed by atoms with van der Waals surface area (Å²) in [6, 6.07) is 0. The molecule has 0 amide bonds. The van der Waals surface area contributed by atoms with Crippen molar-refractivity contribution in [3.05, 3.63) is 0 Å². The van der Waals surface area contributed by atoms with E-state index in [1.54, 1.807) is 0 Å². The molecular weight excluding hydrogens is 116 g/mol. The first-order chi connectivity index (χ1) is 4.15. The standard InChI is InChI=1S/C6H14N2O/c1-8(2)6(9)3-4-7-5-6/h7,9H,3-5H2,1-2H3. The Labute approximate surface area is 55.7 Å². The van der Waals surface area contributed by atoms with Gasteiger partial charge < -0.3 is 10.4 Å². The first-order valence-corrected chi connectivity index (χ1v) is 3.26. The Morgan fingerprint density at radius 1 is 1.56 bits per heavy atom. The van der Waals surface area contributed by atoms with Gasteiger partial charge in [-0.3, -0.25) is 4.90 Å². The number of hydrogen-bond acceptors (Lipinski definition) is 3. The van der Waals surface area contributed by atoms with Crippen LogP contribution in [0.5, 0.6) is 0 Å². The molecule has 1 aliphatic heterocycles. The van der Waals surface area contributed by atoms with Crippen molar-refractivity contribution >= 4 is 0 Å². The second-order valence-corrected chi connectivity index (χ2v) is 2.80. The fourth-order valence-electron chi connectivity index (χ4n) is 1.05. The van der Waals surface area contributed by atoms with Crippen LogP contribution in [0.3, 0.4) is 0 Å². The van der Waals surface area contributed by atoms with Crippen molar-refractivity contribution in [2.24, 2.45) is 0 Å². The summed E-state index contributed by atoms with van der Waals surface area (Å²) in [7, 11) is 3.79. The van der Waals surface area contributed by atoms with Gasteiger partial charge in [0.15, 0.2) is 0 Å². The van der Waals surface area contributed by atoms with Crippen molar-refractivity contribution in [3.8, 4) is 0 Å². The summed E-state index contributed by atoms with van der Waals surface area (Å²) in [4.78, 5) is 1.85. The van der Waals surface area contributed by atoms with Crippen LogP contribution < -0.4 is 5.32 Å². The minimum atomic E-state index is -0.583. The Morgan fingerprint density at radius 2 is 2.22 bits per heavy atom. The topological polar surface area (TPSA) is 35.5 Å². The summed E-state index contributed by atoms with van der Waals surface area (Å²) >= 11 is 0. The van der Waals surface area contributed by atoms with Gasteiger partial charge in [-0.2, -0.15) is 0 Å². The van der Waals surface area contributed by atoms with Crippen LogP contribution in [0.2, 0.25) is 0 Å². The van der Waals surface area contributed by atoms with Crippen LogP contribution in [-0.2, 0) is 0 Å². The lowest BCUT2D eigenvalue weighted by atomic mass is 10.2. The van der Waals surface area contributed by atoms with Gasteiger partial charge in [-0.15, -0.1) is 0 Å². The smallest absolute Gasteiger partial charge is 0.131 e. The van der Waals surface area contributed by atoms with Gasteiger partial charge in [-0.1, -0.05) is 0 Å². The van der Waals surface area contributed by atoms with Gasteiger partial charge in [-0.05, 0) is 20.6 Å². The molecule has 0 bridgehead atoms. The first-order valence-electron chi connectivity index (χ1n) is 3.26. The van der Waals surface area contributed by atoms with Gasteiger partial charge in [0, 0.05) is 13.0 Å². The van der Waals surface area contributed by atoms with E-state index in [2.05, 4.69) is 5.32 Å². The predicted molar refractivity (Wildman–Crippen MR) is 36.1 cm³/mol. The molecule has 54 valence electrons. The first kappa shape index (κ1) is 6.99. The molecular formula is C6H14N2O. The second kappa shape index (κ2) is 2.25. The third-order valence-corrected chi connectivity index (χ3v) is 1.94. The highest BCUT2D eigenvalue weighted by Gasteiger charge is 2.32. The molecule has 3 nitrogen and oxygen atoms in total. The van der Waals surface area contributed by atoms with E-state index in [0.29, 0.717) is 6.54 Å². The van der Waals surface area contributed by atoms with Gasteiger partial charge in [0.25, 0.3) is 0 Å². The summed E-state index contributed by atoms with van der Waals surface area (Å²) in [5.74, 6) is 0. The van der Waals surface area contributed by atoms with Crippen LogP contribution in [-0.4, -0.2) is 42.9 Å². The molecule has 1 rings (SSSR count). The highest BCUT2D eigenvalue weighted by Crippen LogP contribution is 2.15. The minimum absolute atomic E-state index is 0.583. The zero-order valence-corrected chi connectivity index (χ0v) is 6.02. The number of nitrogens with zero attached hydrogens (tertiary/aromatic N) is 1. The third-order valence-electron chi connectivity index (χ3n) is 1.94. The Balaban J connectivity index is 2.51. The maximum atomic E-state index is 9.63. The minimum Gasteiger partial charge on any atom is -0.374 e. The monoisotopic (exact) mass is 130 g/mol. The van der Waals surface area contributed by atoms with E-state index >= 15 is 0 Å². The molecule has 1 heterocycles. The molecule has 0 radical (unpaired) electrons. The van der Waals surface area contributed by atoms with Gasteiger partial charge in [0.1, 0.15) is 5.72 Å². The van der Waals surface area contributed by atoms with Gasteiger partial charge in [-0.25, -0.2) is 0 Å². The largest absolute Gasteiger partial charge is 0.374 e. The predicted octanol–water partition coefficient (Wildman–Crippen LogP) is -0.770. The van der Waals surface area contributed by atoms with Crippen LogP contribution >= 0.6 is 0 Å². The lowest BCUT2D eigenvalue weighted by Crippen LogP contribution is -2.45. The summed E-state index contributed by atoms with van der Waals surface area (Å²) in [6.45, 7) is 1.62. The molecule has 0 spiro atoms. The number of rotatable bonds is 1. The van der Waals surface area contributed by atoms with Crippen molar-refractivity contribution in [1.82, 2.24) is 10.2 Å². The lowest BCUT2D eigenvalue weighted by Gasteiger charge is -2.29. The highest BCUT2D eigenvalue weighted by molar-refractivity contribution is 4.84. The normalized spacial score (nSPS) is 36.0. The van der Waals surface area contributed by atoms with E-state index in [1.807, 2.05) is 19.0 Å². The van der Waals surface area contributed by atoms with Crippen molar-refractivity contribution in [2.45, 2.75) is 12.1 Å². The van der Waals surface area contributed by atoms with E-state index < -0.39 is 5.72 Å². The Hall–Kier alpha value is -0.120. The van der Waals surface area contributed by atoms with Crippen LogP contribution in [0.1, 0.15) is 6.42 Å². The molecule has 0 aromatic rings. The molecule has 1 saturated heterocycles. The number of nitrogens with one attached hydrogen (secondary N) is 1. The maximum absolute atomic E-state index is 9.63. The molecule has 3 heteroatoms. The summed E-state index contributed by atoms with van der Waals surface area (Å²) < 4.78 is 0. The van der Waals surface area contributed by atoms with E-state index in [-0.39, 0.29) is 0 Å². The highest BCUT2D eigenvalue weighted by atomic mass is 16.3. The van der Waals surface area contributed by atoms with Crippen LogP contribution in [0.4, 0.5) is 0 Å². The van der Waals surface area contributed by atoms with Gasteiger partial charge in [0.2, 0.25) is 0 Å². The van der Waals surface area contributed by atoms with E-state index in [9.17, 15) is 5.11 Å². The van der Waals surface area contributed by atoms with E-state index in [0.717, 1.165) is 13.0 Å². The third kappa shape index (κ3) is 1.23. The number of aliphatic hydroxyl groups is 1. The fraction of sp³-hybridized carbons (Fsp3) is 1.00. The van der Waals surface area contributed by atoms with Gasteiger partial charge >= 0.3 is 0 Å². The van der Waals surface area contributed by atoms with Crippen molar-refractivity contribution in [3.63, 3.8) is 0 Å². The molecule has 1 atom stereocenters. The summed E-state index contributed by atoms with van der Waals surface area (Å²) in [5, 5.41) is 12.7. The summed E-state index contributed by atoms with van der Waals surface area (Å²) in [6.07, 6.45) is 0.833. The van der Waals surface area contributed by atoms with E-state index in [4.69, 9.17) is 0 Å². The lowest BCUT2D eigenvalue weighted by molar-refractivity contribution is -0.0635. The molecule has 0 aliphatic carbocycles. The molecule has 0 aromatic carbocycles. The van der Waals surface area contributed by atoms with Crippen molar-refractivity contribution < 1.29 is 5.11 Å². The maximum Gasteiger partial charge on any atom is 0.131 e. The average Bonchev–Trinajstić information content (AvgIpc) is 2.16. The zero-order chi connectivity index (χ0) is 6.91. The zero-order valence-electron chi connectivity index (χ0n) is 6.02. The van der Waals surface area contributed by atoms with Crippen molar-refractivity contribution in [2.75, 3.05) is 27.2 Å². The van der Waals surface area contributed by atoms with Crippen molar-refractivity contribution in [1.29, 1.82) is 0 Å². The Bertz CT molecular complexity index is 97.2. The van der Waals surface area contributed by atoms with Gasteiger partial charge in [0.05, 0.1) is 0 Å². The molecule has 9 heavy (non-hydrogen) atoms.